The lowest BCUT2D eigenvalue weighted by Crippen LogP contribution is -2.31. The summed E-state index contributed by atoms with van der Waals surface area (Å²) in [6.45, 7) is 0. The zero-order valence-corrected chi connectivity index (χ0v) is 12.5. The van der Waals surface area contributed by atoms with Gasteiger partial charge in [0.25, 0.3) is 0 Å². The van der Waals surface area contributed by atoms with Crippen LogP contribution in [0.1, 0.15) is 31.2 Å². The Bertz CT molecular complexity index is 437. The maximum absolute atomic E-state index is 12.6. The van der Waals surface area contributed by atoms with Crippen molar-refractivity contribution in [3.8, 4) is 0 Å². The Morgan fingerprint density at radius 1 is 1.10 bits per heavy atom. The van der Waals surface area contributed by atoms with Crippen molar-refractivity contribution in [1.82, 2.24) is 0 Å². The van der Waals surface area contributed by atoms with E-state index in [-0.39, 0.29) is 24.1 Å². The molecule has 1 aliphatic carbocycles. The Hall–Kier alpha value is -0.410. The quantitative estimate of drug-likeness (QED) is 0.611. The molecule has 0 heterocycles. The van der Waals surface area contributed by atoms with E-state index in [1.54, 1.807) is 6.07 Å². The van der Waals surface area contributed by atoms with Gasteiger partial charge in [-0.3, -0.25) is 0 Å². The molecule has 1 unspecified atom stereocenters. The monoisotopic (exact) mass is 324 g/mol. The van der Waals surface area contributed by atoms with Crippen molar-refractivity contribution < 1.29 is 13.2 Å². The summed E-state index contributed by atoms with van der Waals surface area (Å²) in [5, 5.41) is 0.520. The molecule has 5 heteroatoms. The van der Waals surface area contributed by atoms with Crippen LogP contribution in [0, 0.1) is 11.8 Å². The van der Waals surface area contributed by atoms with E-state index >= 15 is 0 Å². The Morgan fingerprint density at radius 2 is 1.70 bits per heavy atom. The van der Waals surface area contributed by atoms with Gasteiger partial charge in [-0.15, -0.1) is 11.6 Å². The number of rotatable bonds is 3. The van der Waals surface area contributed by atoms with Crippen LogP contribution >= 0.6 is 23.2 Å². The van der Waals surface area contributed by atoms with Gasteiger partial charge in [-0.2, -0.15) is 13.2 Å². The standard InChI is InChI=1S/C15H17Cl2F3/c16-13-4-2-1-3-11(13)9-14(17)10-5-7-12(8-6-10)15(18,19)20/h1-4,10,12,14H,5-9H2. The normalized spacial score (nSPS) is 25.4. The van der Waals surface area contributed by atoms with Crippen LogP contribution in [-0.4, -0.2) is 11.6 Å². The van der Waals surface area contributed by atoms with Crippen LogP contribution in [-0.2, 0) is 6.42 Å². The largest absolute Gasteiger partial charge is 0.391 e. The van der Waals surface area contributed by atoms with Crippen LogP contribution < -0.4 is 0 Å². The summed E-state index contributed by atoms with van der Waals surface area (Å²) in [7, 11) is 0. The SMILES string of the molecule is FC(F)(F)C1CCC(C(Cl)Cc2ccccc2Cl)CC1. The lowest BCUT2D eigenvalue weighted by molar-refractivity contribution is -0.183. The third-order valence-corrected chi connectivity index (χ3v) is 5.00. The summed E-state index contributed by atoms with van der Waals surface area (Å²) in [6.07, 6.45) is -1.97. The highest BCUT2D eigenvalue weighted by Gasteiger charge is 2.42. The zero-order valence-electron chi connectivity index (χ0n) is 11.0. The van der Waals surface area contributed by atoms with E-state index in [0.29, 0.717) is 24.3 Å². The average Bonchev–Trinajstić information content (AvgIpc) is 2.40. The molecule has 0 bridgehead atoms. The van der Waals surface area contributed by atoms with E-state index < -0.39 is 12.1 Å². The molecule has 2 rings (SSSR count). The van der Waals surface area contributed by atoms with Crippen molar-refractivity contribution in [3.63, 3.8) is 0 Å². The van der Waals surface area contributed by atoms with Gasteiger partial charge in [0.05, 0.1) is 5.92 Å². The van der Waals surface area contributed by atoms with Gasteiger partial charge >= 0.3 is 6.18 Å². The van der Waals surface area contributed by atoms with Crippen LogP contribution in [0.25, 0.3) is 0 Å². The van der Waals surface area contributed by atoms with Crippen LogP contribution in [0.4, 0.5) is 13.2 Å². The molecule has 0 N–H and O–H groups in total. The van der Waals surface area contributed by atoms with Gasteiger partial charge in [0.15, 0.2) is 0 Å². The van der Waals surface area contributed by atoms with E-state index in [4.69, 9.17) is 23.2 Å². The molecule has 112 valence electrons. The summed E-state index contributed by atoms with van der Waals surface area (Å²) < 4.78 is 37.9. The van der Waals surface area contributed by atoms with Crippen LogP contribution in [0.3, 0.4) is 0 Å². The van der Waals surface area contributed by atoms with Crippen molar-refractivity contribution in [2.45, 2.75) is 43.7 Å². The van der Waals surface area contributed by atoms with Crippen molar-refractivity contribution in [2.24, 2.45) is 11.8 Å². The molecule has 0 nitrogen and oxygen atoms in total. The first-order valence-electron chi connectivity index (χ1n) is 6.82. The van der Waals surface area contributed by atoms with Crippen molar-refractivity contribution in [1.29, 1.82) is 0 Å². The Balaban J connectivity index is 1.89. The van der Waals surface area contributed by atoms with Crippen molar-refractivity contribution in [2.75, 3.05) is 0 Å². The lowest BCUT2D eigenvalue weighted by atomic mass is 9.79. The summed E-state index contributed by atoms with van der Waals surface area (Å²) in [5.74, 6) is -1.01. The molecule has 1 saturated carbocycles. The topological polar surface area (TPSA) is 0 Å². The number of halogens is 5. The van der Waals surface area contributed by atoms with E-state index in [9.17, 15) is 13.2 Å². The molecule has 0 amide bonds. The van der Waals surface area contributed by atoms with E-state index in [1.807, 2.05) is 18.2 Å². The van der Waals surface area contributed by atoms with Gasteiger partial charge in [0.1, 0.15) is 0 Å². The molecule has 1 aromatic rings. The second kappa shape index (κ2) is 6.57. The third kappa shape index (κ3) is 4.05. The third-order valence-electron chi connectivity index (χ3n) is 4.12. The fourth-order valence-electron chi connectivity index (χ4n) is 2.85. The predicted molar refractivity (Wildman–Crippen MR) is 76.3 cm³/mol. The second-order valence-corrected chi connectivity index (χ2v) is 6.43. The lowest BCUT2D eigenvalue weighted by Gasteiger charge is -2.32. The highest BCUT2D eigenvalue weighted by Crippen LogP contribution is 2.41. The first kappa shape index (κ1) is 16.0. The molecule has 0 radical (unpaired) electrons. The van der Waals surface area contributed by atoms with Crippen molar-refractivity contribution in [3.05, 3.63) is 34.9 Å². The van der Waals surface area contributed by atoms with E-state index in [0.717, 1.165) is 5.56 Å². The fourth-order valence-corrected chi connectivity index (χ4v) is 3.48. The molecule has 0 saturated heterocycles. The minimum absolute atomic E-state index is 0.145. The van der Waals surface area contributed by atoms with Crippen LogP contribution in [0.2, 0.25) is 5.02 Å². The summed E-state index contributed by atoms with van der Waals surface area (Å²) in [5.41, 5.74) is 0.965. The molecule has 20 heavy (non-hydrogen) atoms. The molecule has 1 atom stereocenters. The Morgan fingerprint density at radius 3 is 2.25 bits per heavy atom. The molecule has 1 aliphatic rings. The average molecular weight is 325 g/mol. The molecular weight excluding hydrogens is 308 g/mol. The maximum atomic E-state index is 12.6. The highest BCUT2D eigenvalue weighted by atomic mass is 35.5. The Kier molecular flexibility index (Phi) is 5.25. The zero-order chi connectivity index (χ0) is 14.8. The van der Waals surface area contributed by atoms with Gasteiger partial charge in [-0.05, 0) is 49.7 Å². The molecule has 1 fully saturated rings. The van der Waals surface area contributed by atoms with Gasteiger partial charge in [-0.25, -0.2) is 0 Å². The number of benzene rings is 1. The van der Waals surface area contributed by atoms with Gasteiger partial charge < -0.3 is 0 Å². The Labute approximate surface area is 127 Å². The number of hydrogen-bond donors (Lipinski definition) is 0. The summed E-state index contributed by atoms with van der Waals surface area (Å²) >= 11 is 12.5. The smallest absolute Gasteiger partial charge is 0.171 e. The molecule has 1 aromatic carbocycles. The van der Waals surface area contributed by atoms with E-state index in [1.165, 1.54) is 0 Å². The first-order valence-corrected chi connectivity index (χ1v) is 7.63. The summed E-state index contributed by atoms with van der Waals surface area (Å²) in [6, 6.07) is 7.47. The van der Waals surface area contributed by atoms with E-state index in [2.05, 4.69) is 0 Å². The molecule has 0 aliphatic heterocycles. The maximum Gasteiger partial charge on any atom is 0.391 e. The van der Waals surface area contributed by atoms with Crippen molar-refractivity contribution >= 4 is 23.2 Å². The molecule has 0 spiro atoms. The highest BCUT2D eigenvalue weighted by molar-refractivity contribution is 6.31. The first-order chi connectivity index (χ1) is 9.38. The van der Waals surface area contributed by atoms with Gasteiger partial charge in [0, 0.05) is 10.4 Å². The fraction of sp³-hybridized carbons (Fsp3) is 0.600. The van der Waals surface area contributed by atoms with Gasteiger partial charge in [0.2, 0.25) is 0 Å². The van der Waals surface area contributed by atoms with Gasteiger partial charge in [-0.1, -0.05) is 29.8 Å². The number of hydrogen-bond acceptors (Lipinski definition) is 0. The number of alkyl halides is 4. The van der Waals surface area contributed by atoms with Crippen LogP contribution in [0.5, 0.6) is 0 Å². The van der Waals surface area contributed by atoms with Crippen LogP contribution in [0.15, 0.2) is 24.3 Å². The minimum Gasteiger partial charge on any atom is -0.171 e. The molecule has 0 aromatic heterocycles. The predicted octanol–water partition coefficient (Wildman–Crippen LogP) is 5.86. The second-order valence-electron chi connectivity index (χ2n) is 5.46. The molecular formula is C15H17Cl2F3. The minimum atomic E-state index is -4.06. The summed E-state index contributed by atoms with van der Waals surface area (Å²) in [4.78, 5) is 0.